The number of aldehydes is 1. The quantitative estimate of drug-likeness (QED) is 0.722. The Balaban J connectivity index is 2.15. The SMILES string of the molecule is O=Cc1ccc(Sc2ccccn2)o1. The molecule has 0 aliphatic rings. The molecule has 0 radical (unpaired) electrons. The van der Waals surface area contributed by atoms with E-state index in [1.54, 1.807) is 18.3 Å². The van der Waals surface area contributed by atoms with Gasteiger partial charge in [0.05, 0.1) is 0 Å². The number of carbonyl (C=O) groups is 1. The van der Waals surface area contributed by atoms with Crippen molar-refractivity contribution in [3.8, 4) is 0 Å². The van der Waals surface area contributed by atoms with Gasteiger partial charge in [0.15, 0.2) is 17.1 Å². The van der Waals surface area contributed by atoms with E-state index in [0.29, 0.717) is 17.1 Å². The van der Waals surface area contributed by atoms with Crippen LogP contribution in [0.25, 0.3) is 0 Å². The summed E-state index contributed by atoms with van der Waals surface area (Å²) in [6.45, 7) is 0. The molecule has 14 heavy (non-hydrogen) atoms. The fourth-order valence-electron chi connectivity index (χ4n) is 0.963. The van der Waals surface area contributed by atoms with E-state index < -0.39 is 0 Å². The fraction of sp³-hybridized carbons (Fsp3) is 0. The molecule has 0 amide bonds. The lowest BCUT2D eigenvalue weighted by Crippen LogP contribution is -1.75. The Morgan fingerprint density at radius 1 is 1.29 bits per heavy atom. The van der Waals surface area contributed by atoms with Crippen LogP contribution in [0.3, 0.4) is 0 Å². The number of carbonyl (C=O) groups excluding carboxylic acids is 1. The van der Waals surface area contributed by atoms with Crippen molar-refractivity contribution in [2.24, 2.45) is 0 Å². The van der Waals surface area contributed by atoms with Crippen molar-refractivity contribution >= 4 is 18.0 Å². The van der Waals surface area contributed by atoms with Gasteiger partial charge >= 0.3 is 0 Å². The average molecular weight is 205 g/mol. The number of nitrogens with zero attached hydrogens (tertiary/aromatic N) is 1. The molecule has 2 rings (SSSR count). The minimum atomic E-state index is 0.337. The van der Waals surface area contributed by atoms with Crippen LogP contribution in [0, 0.1) is 0 Å². The van der Waals surface area contributed by atoms with Crippen molar-refractivity contribution in [1.82, 2.24) is 4.98 Å². The van der Waals surface area contributed by atoms with Crippen LogP contribution >= 0.6 is 11.8 Å². The highest BCUT2D eigenvalue weighted by molar-refractivity contribution is 7.99. The van der Waals surface area contributed by atoms with Crippen molar-refractivity contribution in [3.05, 3.63) is 42.3 Å². The molecule has 4 heteroatoms. The number of hydrogen-bond donors (Lipinski definition) is 0. The van der Waals surface area contributed by atoms with E-state index >= 15 is 0 Å². The van der Waals surface area contributed by atoms with Crippen molar-refractivity contribution in [3.63, 3.8) is 0 Å². The summed E-state index contributed by atoms with van der Waals surface area (Å²) in [6, 6.07) is 9.02. The summed E-state index contributed by atoms with van der Waals surface area (Å²) < 4.78 is 5.19. The van der Waals surface area contributed by atoms with E-state index in [-0.39, 0.29) is 0 Å². The van der Waals surface area contributed by atoms with E-state index in [9.17, 15) is 4.79 Å². The Morgan fingerprint density at radius 2 is 2.21 bits per heavy atom. The molecule has 0 unspecified atom stereocenters. The average Bonchev–Trinajstić information content (AvgIpc) is 2.67. The van der Waals surface area contributed by atoms with Crippen LogP contribution in [0.4, 0.5) is 0 Å². The molecule has 0 saturated heterocycles. The van der Waals surface area contributed by atoms with Crippen LogP contribution in [-0.2, 0) is 0 Å². The Kier molecular flexibility index (Phi) is 2.65. The predicted octanol–water partition coefficient (Wildman–Crippen LogP) is 2.64. The zero-order valence-electron chi connectivity index (χ0n) is 7.21. The first-order valence-corrected chi connectivity index (χ1v) is 4.84. The van der Waals surface area contributed by atoms with Crippen LogP contribution in [-0.4, -0.2) is 11.3 Å². The van der Waals surface area contributed by atoms with Gasteiger partial charge in [-0.3, -0.25) is 4.79 Å². The second-order valence-corrected chi connectivity index (χ2v) is 3.57. The minimum Gasteiger partial charge on any atom is -0.447 e. The van der Waals surface area contributed by atoms with Crippen LogP contribution < -0.4 is 0 Å². The molecular weight excluding hydrogens is 198 g/mol. The number of hydrogen-bond acceptors (Lipinski definition) is 4. The Bertz CT molecular complexity index is 425. The molecule has 0 aromatic carbocycles. The van der Waals surface area contributed by atoms with Crippen LogP contribution in [0.2, 0.25) is 0 Å². The van der Waals surface area contributed by atoms with E-state index in [2.05, 4.69) is 4.98 Å². The third-order valence-electron chi connectivity index (χ3n) is 1.56. The highest BCUT2D eigenvalue weighted by atomic mass is 32.2. The summed E-state index contributed by atoms with van der Waals surface area (Å²) in [5.41, 5.74) is 0. The molecule has 0 aliphatic heterocycles. The van der Waals surface area contributed by atoms with Crippen LogP contribution in [0.15, 0.2) is 51.1 Å². The van der Waals surface area contributed by atoms with E-state index in [4.69, 9.17) is 4.42 Å². The summed E-state index contributed by atoms with van der Waals surface area (Å²) in [5, 5.41) is 1.52. The van der Waals surface area contributed by atoms with Gasteiger partial charge < -0.3 is 4.42 Å². The molecule has 0 fully saturated rings. The third kappa shape index (κ3) is 2.03. The molecule has 2 aromatic rings. The van der Waals surface area contributed by atoms with Crippen LogP contribution in [0.5, 0.6) is 0 Å². The van der Waals surface area contributed by atoms with Gasteiger partial charge in [-0.1, -0.05) is 6.07 Å². The van der Waals surface area contributed by atoms with Gasteiger partial charge in [-0.2, -0.15) is 0 Å². The zero-order valence-corrected chi connectivity index (χ0v) is 8.03. The topological polar surface area (TPSA) is 43.1 Å². The lowest BCUT2D eigenvalue weighted by Gasteiger charge is -1.94. The van der Waals surface area contributed by atoms with Gasteiger partial charge in [-0.25, -0.2) is 4.98 Å². The molecule has 0 saturated carbocycles. The van der Waals surface area contributed by atoms with Crippen LogP contribution in [0.1, 0.15) is 10.6 Å². The monoisotopic (exact) mass is 205 g/mol. The molecule has 2 heterocycles. The maximum Gasteiger partial charge on any atom is 0.185 e. The molecular formula is C10H7NO2S. The molecule has 70 valence electrons. The Morgan fingerprint density at radius 3 is 2.86 bits per heavy atom. The summed E-state index contributed by atoms with van der Waals surface area (Å²) in [7, 11) is 0. The number of aromatic nitrogens is 1. The maximum atomic E-state index is 10.4. The summed E-state index contributed by atoms with van der Waals surface area (Å²) in [4.78, 5) is 14.5. The number of pyridine rings is 1. The fourth-order valence-corrected chi connectivity index (χ4v) is 1.70. The third-order valence-corrected chi connectivity index (χ3v) is 2.43. The lowest BCUT2D eigenvalue weighted by atomic mass is 10.5. The largest absolute Gasteiger partial charge is 0.447 e. The van der Waals surface area contributed by atoms with Gasteiger partial charge in [-0.05, 0) is 36.0 Å². The molecule has 0 bridgehead atoms. The van der Waals surface area contributed by atoms with Gasteiger partial charge in [0.25, 0.3) is 0 Å². The minimum absolute atomic E-state index is 0.337. The van der Waals surface area contributed by atoms with Crippen molar-refractivity contribution in [2.45, 2.75) is 10.1 Å². The zero-order chi connectivity index (χ0) is 9.80. The molecule has 0 atom stereocenters. The maximum absolute atomic E-state index is 10.4. The van der Waals surface area contributed by atoms with Gasteiger partial charge in [-0.15, -0.1) is 0 Å². The molecule has 2 aromatic heterocycles. The molecule has 0 spiro atoms. The number of rotatable bonds is 3. The van der Waals surface area contributed by atoms with E-state index in [0.717, 1.165) is 5.03 Å². The highest BCUT2D eigenvalue weighted by Crippen LogP contribution is 2.26. The standard InChI is InChI=1S/C10H7NO2S/c12-7-8-4-5-10(13-8)14-9-3-1-2-6-11-9/h1-7H. The normalized spacial score (nSPS) is 10.0. The highest BCUT2D eigenvalue weighted by Gasteiger charge is 2.03. The summed E-state index contributed by atoms with van der Waals surface area (Å²) in [6.07, 6.45) is 2.40. The lowest BCUT2D eigenvalue weighted by molar-refractivity contribution is 0.109. The van der Waals surface area contributed by atoms with Gasteiger partial charge in [0, 0.05) is 6.20 Å². The van der Waals surface area contributed by atoms with E-state index in [1.807, 2.05) is 18.2 Å². The smallest absolute Gasteiger partial charge is 0.185 e. The number of furan rings is 1. The Hall–Kier alpha value is -1.55. The van der Waals surface area contributed by atoms with Gasteiger partial charge in [0.2, 0.25) is 0 Å². The second-order valence-electron chi connectivity index (χ2n) is 2.54. The second kappa shape index (κ2) is 4.11. The predicted molar refractivity (Wildman–Crippen MR) is 52.5 cm³/mol. The van der Waals surface area contributed by atoms with Crippen molar-refractivity contribution in [1.29, 1.82) is 0 Å². The first kappa shape index (κ1) is 9.02. The molecule has 0 aliphatic carbocycles. The van der Waals surface area contributed by atoms with E-state index in [1.165, 1.54) is 11.8 Å². The summed E-state index contributed by atoms with van der Waals surface area (Å²) >= 11 is 1.39. The summed E-state index contributed by atoms with van der Waals surface area (Å²) in [5.74, 6) is 0.337. The Labute approximate surface area is 85.2 Å². The van der Waals surface area contributed by atoms with Crippen molar-refractivity contribution in [2.75, 3.05) is 0 Å². The molecule has 3 nitrogen and oxygen atoms in total. The first-order valence-electron chi connectivity index (χ1n) is 4.02. The first-order chi connectivity index (χ1) is 6.88. The van der Waals surface area contributed by atoms with Gasteiger partial charge in [0.1, 0.15) is 5.03 Å². The van der Waals surface area contributed by atoms with Crippen molar-refractivity contribution < 1.29 is 9.21 Å². The molecule has 0 N–H and O–H groups in total.